The normalized spacial score (nSPS) is 13.5. The summed E-state index contributed by atoms with van der Waals surface area (Å²) >= 11 is 1.27. The molecule has 5 nitrogen and oxygen atoms in total. The molecule has 0 radical (unpaired) electrons. The lowest BCUT2D eigenvalue weighted by Gasteiger charge is -2.09. The van der Waals surface area contributed by atoms with E-state index in [1.807, 2.05) is 13.0 Å². The third-order valence-corrected chi connectivity index (χ3v) is 6.07. The Morgan fingerprint density at radius 1 is 1.40 bits per heavy atom. The van der Waals surface area contributed by atoms with Crippen molar-refractivity contribution in [1.82, 2.24) is 4.72 Å². The zero-order chi connectivity index (χ0) is 14.6. The minimum Gasteiger partial charge on any atom is -0.472 e. The second-order valence-corrected chi connectivity index (χ2v) is 7.50. The summed E-state index contributed by atoms with van der Waals surface area (Å²) in [7, 11) is -3.48. The molecular formula is C13H17NO4S2. The van der Waals surface area contributed by atoms with Crippen LogP contribution >= 0.6 is 11.3 Å². The lowest BCUT2D eigenvalue weighted by atomic mass is 10.1. The maximum Gasteiger partial charge on any atom is 0.250 e. The quantitative estimate of drug-likeness (QED) is 0.821. The fourth-order valence-electron chi connectivity index (χ4n) is 1.73. The molecule has 0 amide bonds. The largest absolute Gasteiger partial charge is 0.472 e. The molecule has 2 N–H and O–H groups in total. The van der Waals surface area contributed by atoms with Gasteiger partial charge in [-0.2, -0.15) is 0 Å². The van der Waals surface area contributed by atoms with Gasteiger partial charge in [-0.1, -0.05) is 6.92 Å². The van der Waals surface area contributed by atoms with Crippen LogP contribution in [0.2, 0.25) is 0 Å². The number of furan rings is 1. The van der Waals surface area contributed by atoms with E-state index in [0.29, 0.717) is 16.2 Å². The number of hydrogen-bond acceptors (Lipinski definition) is 5. The van der Waals surface area contributed by atoms with E-state index in [4.69, 9.17) is 4.42 Å². The Hall–Kier alpha value is -1.15. The molecule has 0 saturated carbocycles. The maximum atomic E-state index is 12.0. The molecule has 0 saturated heterocycles. The van der Waals surface area contributed by atoms with E-state index >= 15 is 0 Å². The first kappa shape index (κ1) is 15.2. The number of aliphatic hydroxyl groups excluding tert-OH is 1. The predicted octanol–water partition coefficient (Wildman–Crippen LogP) is 2.31. The van der Waals surface area contributed by atoms with Gasteiger partial charge in [0.1, 0.15) is 4.21 Å². The van der Waals surface area contributed by atoms with E-state index in [1.165, 1.54) is 23.9 Å². The fourth-order valence-corrected chi connectivity index (χ4v) is 4.11. The van der Waals surface area contributed by atoms with Crippen LogP contribution in [-0.4, -0.2) is 20.1 Å². The average Bonchev–Trinajstić information content (AvgIpc) is 3.10. The Bertz CT molecular complexity index is 631. The van der Waals surface area contributed by atoms with Crippen molar-refractivity contribution in [3.8, 4) is 0 Å². The highest BCUT2D eigenvalue weighted by molar-refractivity contribution is 7.91. The van der Waals surface area contributed by atoms with Crippen LogP contribution in [0.15, 0.2) is 39.4 Å². The second-order valence-electron chi connectivity index (χ2n) is 4.33. The molecule has 1 unspecified atom stereocenters. The van der Waals surface area contributed by atoms with Crippen LogP contribution in [0.25, 0.3) is 0 Å². The maximum absolute atomic E-state index is 12.0. The standard InChI is InChI=1S/C13H17NO4S2/c1-2-11-3-4-13(19-11)20(16,17)14-7-5-12(15)10-6-8-18-9-10/h3-4,6,8-9,12,14-15H,2,5,7H2,1H3. The van der Waals surface area contributed by atoms with Gasteiger partial charge in [-0.3, -0.25) is 0 Å². The fraction of sp³-hybridized carbons (Fsp3) is 0.385. The first-order chi connectivity index (χ1) is 9.53. The van der Waals surface area contributed by atoms with Gasteiger partial charge in [-0.25, -0.2) is 13.1 Å². The van der Waals surface area contributed by atoms with Crippen LogP contribution in [0.1, 0.15) is 29.9 Å². The number of hydrogen-bond donors (Lipinski definition) is 2. The van der Waals surface area contributed by atoms with Gasteiger partial charge in [-0.15, -0.1) is 11.3 Å². The van der Waals surface area contributed by atoms with Crippen molar-refractivity contribution in [3.63, 3.8) is 0 Å². The molecule has 2 aromatic heterocycles. The van der Waals surface area contributed by atoms with Gasteiger partial charge in [-0.05, 0) is 31.0 Å². The number of aliphatic hydroxyl groups is 1. The summed E-state index contributed by atoms with van der Waals surface area (Å²) in [6, 6.07) is 5.09. The van der Waals surface area contributed by atoms with E-state index in [2.05, 4.69) is 4.72 Å². The topological polar surface area (TPSA) is 79.5 Å². The van der Waals surface area contributed by atoms with Crippen molar-refractivity contribution in [2.24, 2.45) is 0 Å². The molecule has 0 fully saturated rings. The molecule has 20 heavy (non-hydrogen) atoms. The summed E-state index contributed by atoms with van der Waals surface area (Å²) in [4.78, 5) is 1.03. The monoisotopic (exact) mass is 315 g/mol. The summed E-state index contributed by atoms with van der Waals surface area (Å²) in [5.74, 6) is 0. The van der Waals surface area contributed by atoms with Crippen molar-refractivity contribution in [2.75, 3.05) is 6.54 Å². The van der Waals surface area contributed by atoms with Crippen LogP contribution in [0.3, 0.4) is 0 Å². The first-order valence-electron chi connectivity index (χ1n) is 6.31. The summed E-state index contributed by atoms with van der Waals surface area (Å²) < 4.78 is 31.7. The molecule has 0 aliphatic heterocycles. The Balaban J connectivity index is 1.89. The van der Waals surface area contributed by atoms with Gasteiger partial charge < -0.3 is 9.52 Å². The van der Waals surface area contributed by atoms with E-state index in [9.17, 15) is 13.5 Å². The van der Waals surface area contributed by atoms with Crippen molar-refractivity contribution in [3.05, 3.63) is 41.2 Å². The van der Waals surface area contributed by atoms with Gasteiger partial charge in [0.2, 0.25) is 10.0 Å². The number of sulfonamides is 1. The molecule has 0 aliphatic carbocycles. The molecule has 0 aromatic carbocycles. The SMILES string of the molecule is CCc1ccc(S(=O)(=O)NCCC(O)c2ccoc2)s1. The first-order valence-corrected chi connectivity index (χ1v) is 8.61. The smallest absolute Gasteiger partial charge is 0.250 e. The number of rotatable bonds is 7. The molecule has 2 aromatic rings. The van der Waals surface area contributed by atoms with Crippen LogP contribution in [0.4, 0.5) is 0 Å². The van der Waals surface area contributed by atoms with Gasteiger partial charge >= 0.3 is 0 Å². The molecule has 1 atom stereocenters. The highest BCUT2D eigenvalue weighted by Crippen LogP contribution is 2.22. The van der Waals surface area contributed by atoms with Crippen molar-refractivity contribution < 1.29 is 17.9 Å². The number of aryl methyl sites for hydroxylation is 1. The Kier molecular flexibility index (Phi) is 4.98. The number of nitrogens with one attached hydrogen (secondary N) is 1. The van der Waals surface area contributed by atoms with E-state index in [1.54, 1.807) is 12.1 Å². The highest BCUT2D eigenvalue weighted by Gasteiger charge is 2.17. The van der Waals surface area contributed by atoms with Crippen LogP contribution < -0.4 is 4.72 Å². The summed E-state index contributed by atoms with van der Waals surface area (Å²) in [5, 5.41) is 9.83. The zero-order valence-electron chi connectivity index (χ0n) is 11.1. The van der Waals surface area contributed by atoms with Crippen molar-refractivity contribution in [1.29, 1.82) is 0 Å². The molecule has 0 spiro atoms. The average molecular weight is 315 g/mol. The lowest BCUT2D eigenvalue weighted by Crippen LogP contribution is -2.25. The molecule has 0 bridgehead atoms. The second kappa shape index (κ2) is 6.53. The third-order valence-electron chi connectivity index (χ3n) is 2.89. The highest BCUT2D eigenvalue weighted by atomic mass is 32.2. The van der Waals surface area contributed by atoms with E-state index in [-0.39, 0.29) is 6.54 Å². The predicted molar refractivity (Wildman–Crippen MR) is 77.2 cm³/mol. The van der Waals surface area contributed by atoms with E-state index < -0.39 is 16.1 Å². The van der Waals surface area contributed by atoms with Crippen molar-refractivity contribution in [2.45, 2.75) is 30.1 Å². The molecular weight excluding hydrogens is 298 g/mol. The number of thiophene rings is 1. The zero-order valence-corrected chi connectivity index (χ0v) is 12.7. The molecule has 7 heteroatoms. The van der Waals surface area contributed by atoms with Crippen LogP contribution in [0, 0.1) is 0 Å². The molecule has 0 aliphatic rings. The molecule has 2 rings (SSSR count). The van der Waals surface area contributed by atoms with Gasteiger partial charge in [0, 0.05) is 17.0 Å². The van der Waals surface area contributed by atoms with Gasteiger partial charge in [0.05, 0.1) is 18.6 Å². The van der Waals surface area contributed by atoms with Crippen molar-refractivity contribution >= 4 is 21.4 Å². The lowest BCUT2D eigenvalue weighted by molar-refractivity contribution is 0.168. The van der Waals surface area contributed by atoms with E-state index in [0.717, 1.165) is 11.3 Å². The van der Waals surface area contributed by atoms with Gasteiger partial charge in [0.25, 0.3) is 0 Å². The Morgan fingerprint density at radius 2 is 2.20 bits per heavy atom. The van der Waals surface area contributed by atoms with Crippen LogP contribution in [0.5, 0.6) is 0 Å². The Morgan fingerprint density at radius 3 is 2.80 bits per heavy atom. The summed E-state index contributed by atoms with van der Waals surface area (Å²) in [6.45, 7) is 2.16. The van der Waals surface area contributed by atoms with Gasteiger partial charge in [0.15, 0.2) is 0 Å². The third kappa shape index (κ3) is 3.69. The summed E-state index contributed by atoms with van der Waals surface area (Å²) in [5.41, 5.74) is 0.647. The summed E-state index contributed by atoms with van der Waals surface area (Å²) in [6.07, 6.45) is 3.31. The molecule has 2 heterocycles. The minimum absolute atomic E-state index is 0.175. The Labute approximate surface area is 122 Å². The minimum atomic E-state index is -3.48. The molecule has 110 valence electrons. The van der Waals surface area contributed by atoms with Crippen LogP contribution in [-0.2, 0) is 16.4 Å².